The number of aliphatic imine (C=N–C) groups is 1. The second-order valence-electron chi connectivity index (χ2n) is 3.53. The molecule has 0 fully saturated rings. The van der Waals surface area contributed by atoms with Crippen LogP contribution in [0.1, 0.15) is 12.1 Å². The smallest absolute Gasteiger partial charge is 0.175 e. The van der Waals surface area contributed by atoms with Crippen molar-refractivity contribution in [2.45, 2.75) is 13.3 Å². The van der Waals surface area contributed by atoms with Crippen LogP contribution in [0.2, 0.25) is 0 Å². The second-order valence-corrected chi connectivity index (χ2v) is 3.53. The maximum Gasteiger partial charge on any atom is 0.175 e. The molecule has 0 spiro atoms. The van der Waals surface area contributed by atoms with Crippen molar-refractivity contribution < 1.29 is 0 Å². The molecule has 6 heteroatoms. The number of amidine groups is 2. The van der Waals surface area contributed by atoms with Crippen molar-refractivity contribution in [3.05, 3.63) is 11.8 Å². The highest BCUT2D eigenvalue weighted by atomic mass is 15.2. The third-order valence-corrected chi connectivity index (χ3v) is 1.84. The van der Waals surface area contributed by atoms with Gasteiger partial charge >= 0.3 is 0 Å². The van der Waals surface area contributed by atoms with Crippen molar-refractivity contribution in [2.75, 3.05) is 14.1 Å². The molecular weight excluding hydrogens is 192 g/mol. The topological polar surface area (TPSA) is 94.2 Å². The van der Waals surface area contributed by atoms with Crippen LogP contribution in [0.5, 0.6) is 0 Å². The minimum Gasteiger partial charge on any atom is -0.387 e. The van der Waals surface area contributed by atoms with Crippen molar-refractivity contribution in [2.24, 2.45) is 10.7 Å². The Labute approximate surface area is 88.7 Å². The van der Waals surface area contributed by atoms with Crippen molar-refractivity contribution in [3.8, 4) is 0 Å². The molecule has 0 bridgehead atoms. The van der Waals surface area contributed by atoms with Gasteiger partial charge in [-0.1, -0.05) is 0 Å². The van der Waals surface area contributed by atoms with Gasteiger partial charge in [0.2, 0.25) is 0 Å². The molecule has 1 aromatic rings. The van der Waals surface area contributed by atoms with E-state index in [4.69, 9.17) is 11.1 Å². The Morgan fingerprint density at radius 3 is 2.80 bits per heavy atom. The summed E-state index contributed by atoms with van der Waals surface area (Å²) >= 11 is 0. The van der Waals surface area contributed by atoms with E-state index in [1.165, 1.54) is 0 Å². The highest BCUT2D eigenvalue weighted by molar-refractivity contribution is 6.00. The van der Waals surface area contributed by atoms with Gasteiger partial charge in [-0.05, 0) is 6.92 Å². The fraction of sp³-hybridized carbons (Fsp3) is 0.444. The number of aromatic nitrogens is 2. The first-order chi connectivity index (χ1) is 6.99. The van der Waals surface area contributed by atoms with E-state index in [1.54, 1.807) is 25.1 Å². The molecule has 0 aliphatic heterocycles. The van der Waals surface area contributed by atoms with Gasteiger partial charge in [-0.3, -0.25) is 10.5 Å². The number of nitrogens with zero attached hydrogens (tertiary/aromatic N) is 3. The predicted molar refractivity (Wildman–Crippen MR) is 60.6 cm³/mol. The third-order valence-electron chi connectivity index (χ3n) is 1.84. The number of nitrogens with one attached hydrogen (secondary N) is 2. The van der Waals surface area contributed by atoms with Gasteiger partial charge in [0.25, 0.3) is 0 Å². The third kappa shape index (κ3) is 3.41. The molecule has 0 aliphatic rings. The SMILES string of the molecule is Cc1cc(N=C(N)CC(=N)N(C)C)n[nH]1. The van der Waals surface area contributed by atoms with E-state index < -0.39 is 0 Å². The average Bonchev–Trinajstić information content (AvgIpc) is 2.50. The number of hydrogen-bond donors (Lipinski definition) is 3. The lowest BCUT2D eigenvalue weighted by atomic mass is 10.3. The van der Waals surface area contributed by atoms with Crippen LogP contribution >= 0.6 is 0 Å². The number of aromatic amines is 1. The van der Waals surface area contributed by atoms with Gasteiger partial charge in [-0.25, -0.2) is 4.99 Å². The number of H-pyrrole nitrogens is 1. The Kier molecular flexibility index (Phi) is 3.43. The summed E-state index contributed by atoms with van der Waals surface area (Å²) in [4.78, 5) is 5.78. The number of aryl methyl sites for hydroxylation is 1. The van der Waals surface area contributed by atoms with E-state index >= 15 is 0 Å². The summed E-state index contributed by atoms with van der Waals surface area (Å²) in [7, 11) is 3.60. The van der Waals surface area contributed by atoms with Gasteiger partial charge in [0.05, 0.1) is 6.42 Å². The minimum atomic E-state index is 0.332. The van der Waals surface area contributed by atoms with Crippen LogP contribution < -0.4 is 5.73 Å². The van der Waals surface area contributed by atoms with Crippen LogP contribution in [0, 0.1) is 12.3 Å². The molecule has 0 aromatic carbocycles. The molecule has 0 unspecified atom stereocenters. The quantitative estimate of drug-likeness (QED) is 0.502. The van der Waals surface area contributed by atoms with Gasteiger partial charge < -0.3 is 10.6 Å². The molecule has 15 heavy (non-hydrogen) atoms. The number of hydrogen-bond acceptors (Lipinski definition) is 3. The summed E-state index contributed by atoms with van der Waals surface area (Å²) in [6.45, 7) is 1.89. The molecule has 0 saturated carbocycles. The van der Waals surface area contributed by atoms with Crippen LogP contribution in [0.4, 0.5) is 5.82 Å². The highest BCUT2D eigenvalue weighted by Crippen LogP contribution is 2.08. The lowest BCUT2D eigenvalue weighted by molar-refractivity contribution is 0.608. The number of rotatable bonds is 3. The fourth-order valence-corrected chi connectivity index (χ4v) is 0.977. The Balaban J connectivity index is 2.64. The first-order valence-corrected chi connectivity index (χ1v) is 4.59. The van der Waals surface area contributed by atoms with E-state index in [2.05, 4.69) is 15.2 Å². The summed E-state index contributed by atoms with van der Waals surface area (Å²) in [6.07, 6.45) is 0.332. The van der Waals surface area contributed by atoms with Crippen LogP contribution in [0.3, 0.4) is 0 Å². The summed E-state index contributed by atoms with van der Waals surface area (Å²) in [6, 6.07) is 1.80. The Morgan fingerprint density at radius 2 is 2.33 bits per heavy atom. The zero-order valence-corrected chi connectivity index (χ0v) is 9.20. The first-order valence-electron chi connectivity index (χ1n) is 4.59. The Bertz CT molecular complexity index is 376. The van der Waals surface area contributed by atoms with Crippen LogP contribution in [-0.2, 0) is 0 Å². The van der Waals surface area contributed by atoms with Gasteiger partial charge in [0, 0.05) is 25.9 Å². The molecule has 0 saturated heterocycles. The van der Waals surface area contributed by atoms with Crippen molar-refractivity contribution >= 4 is 17.5 Å². The fourth-order valence-electron chi connectivity index (χ4n) is 0.977. The van der Waals surface area contributed by atoms with Crippen molar-refractivity contribution in [1.82, 2.24) is 15.1 Å². The zero-order valence-electron chi connectivity index (χ0n) is 9.20. The molecule has 0 radical (unpaired) electrons. The molecule has 1 heterocycles. The average molecular weight is 208 g/mol. The largest absolute Gasteiger partial charge is 0.387 e. The van der Waals surface area contributed by atoms with Crippen LogP contribution in [0.15, 0.2) is 11.1 Å². The van der Waals surface area contributed by atoms with Gasteiger partial charge in [-0.2, -0.15) is 5.10 Å². The van der Waals surface area contributed by atoms with Gasteiger partial charge in [0.15, 0.2) is 5.82 Å². The van der Waals surface area contributed by atoms with Gasteiger partial charge in [0.1, 0.15) is 11.7 Å². The molecule has 4 N–H and O–H groups in total. The van der Waals surface area contributed by atoms with E-state index in [9.17, 15) is 0 Å². The molecule has 0 aliphatic carbocycles. The molecule has 6 nitrogen and oxygen atoms in total. The van der Waals surface area contributed by atoms with E-state index in [0.29, 0.717) is 23.9 Å². The van der Waals surface area contributed by atoms with E-state index in [-0.39, 0.29) is 0 Å². The monoisotopic (exact) mass is 208 g/mol. The van der Waals surface area contributed by atoms with Crippen molar-refractivity contribution in [3.63, 3.8) is 0 Å². The van der Waals surface area contributed by atoms with Crippen LogP contribution in [-0.4, -0.2) is 40.9 Å². The van der Waals surface area contributed by atoms with E-state index in [1.807, 2.05) is 6.92 Å². The summed E-state index contributed by atoms with van der Waals surface area (Å²) < 4.78 is 0. The first kappa shape index (κ1) is 11.2. The zero-order chi connectivity index (χ0) is 11.4. The molecular formula is C9H16N6. The maximum atomic E-state index is 7.58. The molecule has 0 amide bonds. The highest BCUT2D eigenvalue weighted by Gasteiger charge is 2.03. The molecule has 1 aromatic heterocycles. The second kappa shape index (κ2) is 4.59. The minimum absolute atomic E-state index is 0.332. The predicted octanol–water partition coefficient (Wildman–Crippen LogP) is 0.636. The summed E-state index contributed by atoms with van der Waals surface area (Å²) in [5.74, 6) is 1.36. The molecule has 82 valence electrons. The van der Waals surface area contributed by atoms with Gasteiger partial charge in [-0.15, -0.1) is 0 Å². The molecule has 0 atom stereocenters. The van der Waals surface area contributed by atoms with E-state index in [0.717, 1.165) is 5.69 Å². The lowest BCUT2D eigenvalue weighted by Crippen LogP contribution is -2.26. The maximum absolute atomic E-state index is 7.58. The van der Waals surface area contributed by atoms with Crippen LogP contribution in [0.25, 0.3) is 0 Å². The number of nitrogens with two attached hydrogens (primary N) is 1. The Morgan fingerprint density at radius 1 is 1.67 bits per heavy atom. The summed E-state index contributed by atoms with van der Waals surface area (Å²) in [5, 5.41) is 14.3. The summed E-state index contributed by atoms with van der Waals surface area (Å²) in [5.41, 5.74) is 6.62. The van der Waals surface area contributed by atoms with Crippen molar-refractivity contribution in [1.29, 1.82) is 5.41 Å². The standard InChI is InChI=1S/C9H16N6/c1-6-4-9(14-13-6)12-7(10)5-8(11)15(2)3/h4,11H,5H2,1-3H3,(H3,10,12,13,14). The Hall–Kier alpha value is -1.85. The lowest BCUT2D eigenvalue weighted by Gasteiger charge is -2.12. The molecule has 1 rings (SSSR count). The normalized spacial score (nSPS) is 11.5.